The van der Waals surface area contributed by atoms with E-state index in [1.54, 1.807) is 0 Å². The maximum atomic E-state index is 5.76. The molecule has 0 spiro atoms. The van der Waals surface area contributed by atoms with E-state index in [2.05, 4.69) is 45.5 Å². The largest absolute Gasteiger partial charge is 0.493 e. The number of piperazine rings is 1. The van der Waals surface area contributed by atoms with Gasteiger partial charge in [-0.3, -0.25) is 14.1 Å². The van der Waals surface area contributed by atoms with Gasteiger partial charge in [0.05, 0.1) is 6.61 Å². The van der Waals surface area contributed by atoms with Crippen molar-refractivity contribution in [3.8, 4) is 5.75 Å². The van der Waals surface area contributed by atoms with E-state index in [0.29, 0.717) is 6.04 Å². The zero-order chi connectivity index (χ0) is 17.2. The van der Waals surface area contributed by atoms with E-state index in [9.17, 15) is 0 Å². The van der Waals surface area contributed by atoms with Crippen LogP contribution < -0.4 is 4.74 Å². The molecule has 138 valence electrons. The fraction of sp³-hybridized carbons (Fsp3) is 0.700. The lowest BCUT2D eigenvalue weighted by molar-refractivity contribution is 0.0564. The highest BCUT2D eigenvalue weighted by Crippen LogP contribution is 2.31. The lowest BCUT2D eigenvalue weighted by atomic mass is 10.0. The summed E-state index contributed by atoms with van der Waals surface area (Å²) in [5.41, 5.74) is 2.78. The molecule has 3 aliphatic rings. The molecule has 0 aromatic heterocycles. The molecule has 25 heavy (non-hydrogen) atoms. The number of fused-ring (bicyclic) bond motifs is 1. The van der Waals surface area contributed by atoms with E-state index in [-0.39, 0.29) is 0 Å². The van der Waals surface area contributed by atoms with Crippen LogP contribution in [0.3, 0.4) is 0 Å². The molecule has 0 N–H and O–H groups in total. The summed E-state index contributed by atoms with van der Waals surface area (Å²) in [6.07, 6.45) is 5.93. The normalized spacial score (nSPS) is 24.9. The number of hydrogen-bond donors (Lipinski definition) is 0. The van der Waals surface area contributed by atoms with Gasteiger partial charge in [-0.1, -0.05) is 24.1 Å². The quantitative estimate of drug-likeness (QED) is 0.765. The Morgan fingerprint density at radius 2 is 1.84 bits per heavy atom. The van der Waals surface area contributed by atoms with Crippen LogP contribution in [-0.2, 0) is 6.42 Å². The number of benzene rings is 1. The van der Waals surface area contributed by atoms with Crippen molar-refractivity contribution >= 4 is 11.9 Å². The molecule has 5 heteroatoms. The summed E-state index contributed by atoms with van der Waals surface area (Å²) in [6, 6.07) is 8.13. The predicted octanol–water partition coefficient (Wildman–Crippen LogP) is 3.04. The fourth-order valence-corrected chi connectivity index (χ4v) is 5.11. The van der Waals surface area contributed by atoms with Crippen molar-refractivity contribution in [2.45, 2.75) is 38.3 Å². The molecule has 3 aliphatic heterocycles. The average Bonchev–Trinajstić information content (AvgIpc) is 3.15. The smallest absolute Gasteiger partial charge is 0.122 e. The molecule has 4 nitrogen and oxygen atoms in total. The molecule has 0 bridgehead atoms. The molecule has 0 aliphatic carbocycles. The van der Waals surface area contributed by atoms with Crippen molar-refractivity contribution in [1.82, 2.24) is 14.1 Å². The van der Waals surface area contributed by atoms with Crippen LogP contribution in [0.1, 0.15) is 36.9 Å². The van der Waals surface area contributed by atoms with Crippen molar-refractivity contribution in [1.29, 1.82) is 0 Å². The van der Waals surface area contributed by atoms with Gasteiger partial charge < -0.3 is 4.74 Å². The van der Waals surface area contributed by atoms with Gasteiger partial charge in [0, 0.05) is 57.8 Å². The summed E-state index contributed by atoms with van der Waals surface area (Å²) in [6.45, 7) is 10.5. The van der Waals surface area contributed by atoms with Crippen LogP contribution in [0.5, 0.6) is 5.75 Å². The first-order valence-corrected chi connectivity index (χ1v) is 11.0. The van der Waals surface area contributed by atoms with Crippen molar-refractivity contribution < 1.29 is 4.74 Å². The molecule has 0 saturated carbocycles. The van der Waals surface area contributed by atoms with Gasteiger partial charge in [-0.2, -0.15) is 0 Å². The Kier molecular flexibility index (Phi) is 5.56. The van der Waals surface area contributed by atoms with Gasteiger partial charge in [0.1, 0.15) is 5.75 Å². The van der Waals surface area contributed by atoms with Gasteiger partial charge in [0.25, 0.3) is 0 Å². The maximum Gasteiger partial charge on any atom is 0.122 e. The molecule has 2 fully saturated rings. The minimum atomic E-state index is 0.481. The zero-order valence-electron chi connectivity index (χ0n) is 15.6. The summed E-state index contributed by atoms with van der Waals surface area (Å²) in [7, 11) is 0. The Labute approximate surface area is 156 Å². The highest BCUT2D eigenvalue weighted by atomic mass is 32.2. The van der Waals surface area contributed by atoms with Gasteiger partial charge in [-0.05, 0) is 43.2 Å². The summed E-state index contributed by atoms with van der Waals surface area (Å²) < 4.78 is 8.26. The average molecular weight is 362 g/mol. The van der Waals surface area contributed by atoms with Gasteiger partial charge in [0.2, 0.25) is 0 Å². The first-order chi connectivity index (χ1) is 12.2. The standard InChI is InChI=1S/C20H31N3OS/c1-16(18-4-3-17-7-14-24-20(17)15-18)21-10-12-22(13-11-21)19-5-8-23(25-2)9-6-19/h3-4,15-16,19H,5-14H2,1-2H3. The second-order valence-electron chi connectivity index (χ2n) is 7.56. The Morgan fingerprint density at radius 3 is 2.56 bits per heavy atom. The third kappa shape index (κ3) is 3.85. The Morgan fingerprint density at radius 1 is 1.08 bits per heavy atom. The summed E-state index contributed by atoms with van der Waals surface area (Å²) in [4.78, 5) is 5.39. The Bertz CT molecular complexity index is 580. The minimum absolute atomic E-state index is 0.481. The molecule has 0 amide bonds. The van der Waals surface area contributed by atoms with Crippen LogP contribution in [0.25, 0.3) is 0 Å². The highest BCUT2D eigenvalue weighted by molar-refractivity contribution is 7.96. The van der Waals surface area contributed by atoms with Gasteiger partial charge in [-0.25, -0.2) is 0 Å². The Hall–Kier alpha value is -0.750. The third-order valence-electron chi connectivity index (χ3n) is 6.30. The van der Waals surface area contributed by atoms with Crippen molar-refractivity contribution in [2.24, 2.45) is 0 Å². The molecule has 1 aromatic rings. The van der Waals surface area contributed by atoms with Crippen molar-refractivity contribution in [2.75, 3.05) is 52.1 Å². The topological polar surface area (TPSA) is 19.0 Å². The number of ether oxygens (including phenoxy) is 1. The summed E-state index contributed by atoms with van der Waals surface area (Å²) in [5.74, 6) is 1.11. The van der Waals surface area contributed by atoms with E-state index in [1.165, 1.54) is 63.2 Å². The molecule has 3 heterocycles. The number of piperidine rings is 1. The highest BCUT2D eigenvalue weighted by Gasteiger charge is 2.29. The van der Waals surface area contributed by atoms with Crippen LogP contribution in [0.15, 0.2) is 18.2 Å². The van der Waals surface area contributed by atoms with Crippen molar-refractivity contribution in [3.63, 3.8) is 0 Å². The number of hydrogen-bond acceptors (Lipinski definition) is 5. The fourth-order valence-electron chi connectivity index (χ4n) is 4.53. The number of rotatable bonds is 4. The van der Waals surface area contributed by atoms with Crippen LogP contribution in [0.4, 0.5) is 0 Å². The van der Waals surface area contributed by atoms with Gasteiger partial charge >= 0.3 is 0 Å². The Balaban J connectivity index is 1.31. The predicted molar refractivity (Wildman–Crippen MR) is 105 cm³/mol. The van der Waals surface area contributed by atoms with Gasteiger partial charge in [0.15, 0.2) is 0 Å². The molecule has 1 aromatic carbocycles. The van der Waals surface area contributed by atoms with Gasteiger partial charge in [-0.15, -0.1) is 0 Å². The lowest BCUT2D eigenvalue weighted by Gasteiger charge is -2.44. The molecule has 4 rings (SSSR count). The van der Waals surface area contributed by atoms with Crippen molar-refractivity contribution in [3.05, 3.63) is 29.3 Å². The zero-order valence-corrected chi connectivity index (χ0v) is 16.4. The molecule has 0 radical (unpaired) electrons. The number of nitrogens with zero attached hydrogens (tertiary/aromatic N) is 3. The van der Waals surface area contributed by atoms with Crippen LogP contribution in [0, 0.1) is 0 Å². The van der Waals surface area contributed by atoms with Crippen LogP contribution in [0.2, 0.25) is 0 Å². The first kappa shape index (κ1) is 17.7. The van der Waals surface area contributed by atoms with E-state index in [4.69, 9.17) is 4.74 Å². The van der Waals surface area contributed by atoms with E-state index < -0.39 is 0 Å². The summed E-state index contributed by atoms with van der Waals surface area (Å²) in [5, 5.41) is 0. The lowest BCUT2D eigenvalue weighted by Crippen LogP contribution is -2.52. The minimum Gasteiger partial charge on any atom is -0.493 e. The third-order valence-corrected chi connectivity index (χ3v) is 7.18. The second-order valence-corrected chi connectivity index (χ2v) is 8.44. The van der Waals surface area contributed by atoms with E-state index in [0.717, 1.165) is 24.8 Å². The van der Waals surface area contributed by atoms with Crippen LogP contribution in [-0.4, -0.2) is 72.3 Å². The molecular weight excluding hydrogens is 330 g/mol. The van der Waals surface area contributed by atoms with Crippen LogP contribution >= 0.6 is 11.9 Å². The monoisotopic (exact) mass is 361 g/mol. The summed E-state index contributed by atoms with van der Waals surface area (Å²) >= 11 is 1.90. The molecule has 1 atom stereocenters. The van der Waals surface area contributed by atoms with E-state index in [1.807, 2.05) is 11.9 Å². The molecular formula is C20H31N3OS. The SMILES string of the molecule is CSN1CCC(N2CCN(C(C)c3ccc4c(c3)OCC4)CC2)CC1. The second kappa shape index (κ2) is 7.87. The first-order valence-electron chi connectivity index (χ1n) is 9.77. The molecule has 1 unspecified atom stereocenters. The van der Waals surface area contributed by atoms with E-state index >= 15 is 0 Å². The molecule has 2 saturated heterocycles. The maximum absolute atomic E-state index is 5.76.